The zero-order chi connectivity index (χ0) is 13.5. The van der Waals surface area contributed by atoms with E-state index in [-0.39, 0.29) is 24.2 Å². The van der Waals surface area contributed by atoms with Gasteiger partial charge in [-0.05, 0) is 24.0 Å². The number of hydrogen-bond acceptors (Lipinski definition) is 3. The number of ether oxygens (including phenoxy) is 1. The van der Waals surface area contributed by atoms with Crippen LogP contribution in [0.3, 0.4) is 0 Å². The minimum Gasteiger partial charge on any atom is -0.383 e. The molecule has 1 atom stereocenters. The first-order chi connectivity index (χ1) is 9.33. The van der Waals surface area contributed by atoms with Crippen LogP contribution in [0.1, 0.15) is 23.5 Å². The molecule has 20 heavy (non-hydrogen) atoms. The van der Waals surface area contributed by atoms with Crippen LogP contribution in [-0.2, 0) is 16.0 Å². The molecule has 0 heterocycles. The summed E-state index contributed by atoms with van der Waals surface area (Å²) < 4.78 is 4.94. The third-order valence-corrected chi connectivity index (χ3v) is 3.53. The van der Waals surface area contributed by atoms with Gasteiger partial charge in [-0.15, -0.1) is 12.4 Å². The molecule has 1 aromatic rings. The largest absolute Gasteiger partial charge is 0.383 e. The van der Waals surface area contributed by atoms with Crippen molar-refractivity contribution >= 4 is 18.3 Å². The molecule has 2 rings (SSSR count). The number of methoxy groups -OCH3 is 1. The lowest BCUT2D eigenvalue weighted by molar-refractivity contribution is -0.122. The fourth-order valence-electron chi connectivity index (χ4n) is 2.53. The number of amides is 1. The lowest BCUT2D eigenvalue weighted by Crippen LogP contribution is -2.35. The topological polar surface area (TPSA) is 50.4 Å². The molecule has 112 valence electrons. The third-order valence-electron chi connectivity index (χ3n) is 3.53. The van der Waals surface area contributed by atoms with Gasteiger partial charge in [0.25, 0.3) is 0 Å². The zero-order valence-corrected chi connectivity index (χ0v) is 12.7. The van der Waals surface area contributed by atoms with Crippen LogP contribution in [0.5, 0.6) is 0 Å². The van der Waals surface area contributed by atoms with E-state index < -0.39 is 0 Å². The molecular weight excluding hydrogens is 276 g/mol. The third kappa shape index (κ3) is 4.47. The summed E-state index contributed by atoms with van der Waals surface area (Å²) >= 11 is 0. The summed E-state index contributed by atoms with van der Waals surface area (Å²) in [5.74, 6) is 0.189. The Morgan fingerprint density at radius 1 is 1.30 bits per heavy atom. The van der Waals surface area contributed by atoms with Crippen LogP contribution in [-0.4, -0.2) is 39.3 Å². The molecule has 2 N–H and O–H groups in total. The highest BCUT2D eigenvalue weighted by Crippen LogP contribution is 2.32. The number of fused-ring (bicyclic) bond motifs is 1. The van der Waals surface area contributed by atoms with Gasteiger partial charge in [-0.2, -0.15) is 0 Å². The smallest absolute Gasteiger partial charge is 0.227 e. The molecule has 4 nitrogen and oxygen atoms in total. The molecular formula is C15H23ClN2O2. The van der Waals surface area contributed by atoms with E-state index in [0.29, 0.717) is 13.2 Å². The predicted octanol–water partition coefficient (Wildman–Crippen LogP) is 1.49. The molecule has 1 aliphatic carbocycles. The van der Waals surface area contributed by atoms with Crippen LogP contribution in [0, 0.1) is 0 Å². The Kier molecular flexibility index (Phi) is 7.59. The molecule has 1 amide bonds. The van der Waals surface area contributed by atoms with E-state index in [2.05, 4.69) is 22.8 Å². The van der Waals surface area contributed by atoms with Crippen molar-refractivity contribution in [2.45, 2.75) is 18.8 Å². The summed E-state index contributed by atoms with van der Waals surface area (Å²) in [4.78, 5) is 12.1. The predicted molar refractivity (Wildman–Crippen MR) is 82.5 cm³/mol. The van der Waals surface area contributed by atoms with Gasteiger partial charge in [0.2, 0.25) is 5.91 Å². The van der Waals surface area contributed by atoms with Crippen molar-refractivity contribution in [2.75, 3.05) is 33.4 Å². The van der Waals surface area contributed by atoms with Crippen molar-refractivity contribution in [3.8, 4) is 0 Å². The Bertz CT molecular complexity index is 426. The van der Waals surface area contributed by atoms with Crippen LogP contribution in [0.25, 0.3) is 0 Å². The number of rotatable bonds is 7. The highest BCUT2D eigenvalue weighted by atomic mass is 35.5. The fourth-order valence-corrected chi connectivity index (χ4v) is 2.53. The van der Waals surface area contributed by atoms with Crippen LogP contribution in [0.15, 0.2) is 24.3 Å². The van der Waals surface area contributed by atoms with Crippen LogP contribution in [0.2, 0.25) is 0 Å². The van der Waals surface area contributed by atoms with Crippen molar-refractivity contribution < 1.29 is 9.53 Å². The van der Waals surface area contributed by atoms with E-state index in [4.69, 9.17) is 4.74 Å². The monoisotopic (exact) mass is 298 g/mol. The number of aryl methyl sites for hydroxylation is 1. The van der Waals surface area contributed by atoms with Gasteiger partial charge < -0.3 is 15.4 Å². The lowest BCUT2D eigenvalue weighted by atomic mass is 10.0. The first-order valence-corrected chi connectivity index (χ1v) is 6.88. The SMILES string of the molecule is COCCNCCNC(=O)C1CCc2ccccc21.Cl. The van der Waals surface area contributed by atoms with Gasteiger partial charge in [-0.3, -0.25) is 4.79 Å². The van der Waals surface area contributed by atoms with Gasteiger partial charge >= 0.3 is 0 Å². The van der Waals surface area contributed by atoms with Crippen molar-refractivity contribution in [3.05, 3.63) is 35.4 Å². The average Bonchev–Trinajstić information content (AvgIpc) is 2.86. The molecule has 0 saturated carbocycles. The van der Waals surface area contributed by atoms with Gasteiger partial charge in [0.15, 0.2) is 0 Å². The van der Waals surface area contributed by atoms with E-state index >= 15 is 0 Å². The van der Waals surface area contributed by atoms with Crippen molar-refractivity contribution in [2.24, 2.45) is 0 Å². The second-order valence-corrected chi connectivity index (χ2v) is 4.82. The lowest BCUT2D eigenvalue weighted by Gasteiger charge is -2.12. The van der Waals surface area contributed by atoms with Crippen molar-refractivity contribution in [1.29, 1.82) is 0 Å². The van der Waals surface area contributed by atoms with Gasteiger partial charge in [0, 0.05) is 26.7 Å². The summed E-state index contributed by atoms with van der Waals surface area (Å²) in [6.07, 6.45) is 1.95. The molecule has 0 spiro atoms. The van der Waals surface area contributed by atoms with E-state index in [0.717, 1.165) is 25.9 Å². The van der Waals surface area contributed by atoms with Crippen molar-refractivity contribution in [1.82, 2.24) is 10.6 Å². The Morgan fingerprint density at radius 2 is 2.10 bits per heavy atom. The number of carbonyl (C=O) groups is 1. The molecule has 1 aromatic carbocycles. The number of carbonyl (C=O) groups excluding carboxylic acids is 1. The summed E-state index contributed by atoms with van der Waals surface area (Å²) in [5, 5.41) is 6.21. The van der Waals surface area contributed by atoms with E-state index in [1.54, 1.807) is 7.11 Å². The second-order valence-electron chi connectivity index (χ2n) is 4.82. The Hall–Kier alpha value is -1.10. The minimum absolute atomic E-state index is 0. The van der Waals surface area contributed by atoms with Gasteiger partial charge in [-0.25, -0.2) is 0 Å². The molecule has 0 aromatic heterocycles. The van der Waals surface area contributed by atoms with E-state index in [1.807, 2.05) is 12.1 Å². The molecule has 0 fully saturated rings. The average molecular weight is 299 g/mol. The molecule has 0 bridgehead atoms. The maximum Gasteiger partial charge on any atom is 0.227 e. The number of hydrogen-bond donors (Lipinski definition) is 2. The first-order valence-electron chi connectivity index (χ1n) is 6.88. The fraction of sp³-hybridized carbons (Fsp3) is 0.533. The van der Waals surface area contributed by atoms with Gasteiger partial charge in [0.1, 0.15) is 0 Å². The summed E-state index contributed by atoms with van der Waals surface area (Å²) in [5.41, 5.74) is 2.52. The summed E-state index contributed by atoms with van der Waals surface area (Å²) in [6, 6.07) is 8.24. The zero-order valence-electron chi connectivity index (χ0n) is 11.9. The van der Waals surface area contributed by atoms with E-state index in [9.17, 15) is 4.79 Å². The van der Waals surface area contributed by atoms with E-state index in [1.165, 1.54) is 11.1 Å². The van der Waals surface area contributed by atoms with Crippen molar-refractivity contribution in [3.63, 3.8) is 0 Å². The van der Waals surface area contributed by atoms with Crippen LogP contribution >= 0.6 is 12.4 Å². The number of nitrogens with one attached hydrogen (secondary N) is 2. The molecule has 0 radical (unpaired) electrons. The molecule has 1 aliphatic rings. The summed E-state index contributed by atoms with van der Waals surface area (Å²) in [6.45, 7) is 2.97. The molecule has 0 saturated heterocycles. The highest BCUT2D eigenvalue weighted by Gasteiger charge is 2.27. The van der Waals surface area contributed by atoms with Crippen LogP contribution < -0.4 is 10.6 Å². The Morgan fingerprint density at radius 3 is 2.90 bits per heavy atom. The standard InChI is InChI=1S/C15H22N2O2.ClH/c1-19-11-10-16-8-9-17-15(18)14-7-6-12-4-2-3-5-13(12)14;/h2-5,14,16H,6-11H2,1H3,(H,17,18);1H. The maximum atomic E-state index is 12.1. The second kappa shape index (κ2) is 8.95. The maximum absolute atomic E-state index is 12.1. The van der Waals surface area contributed by atoms with Gasteiger partial charge in [-0.1, -0.05) is 24.3 Å². The normalized spacial score (nSPS) is 16.4. The molecule has 0 aliphatic heterocycles. The Balaban J connectivity index is 0.00000200. The Labute approximate surface area is 126 Å². The summed E-state index contributed by atoms with van der Waals surface area (Å²) in [7, 11) is 1.68. The minimum atomic E-state index is 0. The molecule has 5 heteroatoms. The first kappa shape index (κ1) is 17.0. The number of benzene rings is 1. The molecule has 1 unspecified atom stereocenters. The quantitative estimate of drug-likeness (QED) is 0.750. The van der Waals surface area contributed by atoms with Gasteiger partial charge in [0.05, 0.1) is 12.5 Å². The number of halogens is 1. The van der Waals surface area contributed by atoms with Crippen LogP contribution in [0.4, 0.5) is 0 Å². The highest BCUT2D eigenvalue weighted by molar-refractivity contribution is 5.85.